The SMILES string of the molecule is Cc1ccc(C(=O)N2CCC3(CC2)CC(CCOCC2CC2)CCO3)s1. The molecule has 3 heterocycles. The Balaban J connectivity index is 1.24. The summed E-state index contributed by atoms with van der Waals surface area (Å²) in [7, 11) is 0. The molecule has 0 aromatic carbocycles. The highest BCUT2D eigenvalue weighted by Crippen LogP contribution is 2.39. The summed E-state index contributed by atoms with van der Waals surface area (Å²) < 4.78 is 12.1. The van der Waals surface area contributed by atoms with Gasteiger partial charge in [-0.25, -0.2) is 0 Å². The van der Waals surface area contributed by atoms with Crippen molar-refractivity contribution in [3.63, 3.8) is 0 Å². The molecule has 0 radical (unpaired) electrons. The second-order valence-corrected chi connectivity index (χ2v) is 9.69. The molecule has 0 N–H and O–H groups in total. The molecule has 1 aromatic heterocycles. The van der Waals surface area contributed by atoms with Crippen molar-refractivity contribution in [2.24, 2.45) is 11.8 Å². The zero-order valence-corrected chi connectivity index (χ0v) is 16.7. The highest BCUT2D eigenvalue weighted by molar-refractivity contribution is 7.13. The van der Waals surface area contributed by atoms with Crippen LogP contribution in [0.2, 0.25) is 0 Å². The summed E-state index contributed by atoms with van der Waals surface area (Å²) in [6, 6.07) is 3.99. The molecule has 1 aromatic rings. The van der Waals surface area contributed by atoms with Crippen LogP contribution in [-0.2, 0) is 9.47 Å². The van der Waals surface area contributed by atoms with Gasteiger partial charge in [-0.05, 0) is 75.8 Å². The minimum atomic E-state index is 0.00154. The Morgan fingerprint density at radius 2 is 2.08 bits per heavy atom. The first-order chi connectivity index (χ1) is 12.6. The van der Waals surface area contributed by atoms with Crippen LogP contribution in [0.25, 0.3) is 0 Å². The van der Waals surface area contributed by atoms with Gasteiger partial charge < -0.3 is 14.4 Å². The Morgan fingerprint density at radius 3 is 2.77 bits per heavy atom. The molecular weight excluding hydrogens is 346 g/mol. The molecule has 26 heavy (non-hydrogen) atoms. The Bertz CT molecular complexity index is 617. The number of hydrogen-bond donors (Lipinski definition) is 0. The lowest BCUT2D eigenvalue weighted by atomic mass is 9.78. The fraction of sp³-hybridized carbons (Fsp3) is 0.762. The summed E-state index contributed by atoms with van der Waals surface area (Å²) >= 11 is 1.60. The van der Waals surface area contributed by atoms with Crippen molar-refractivity contribution in [2.45, 2.75) is 57.5 Å². The summed E-state index contributed by atoms with van der Waals surface area (Å²) in [5.74, 6) is 1.76. The van der Waals surface area contributed by atoms with E-state index >= 15 is 0 Å². The van der Waals surface area contributed by atoms with Gasteiger partial charge in [0.2, 0.25) is 0 Å². The van der Waals surface area contributed by atoms with E-state index in [0.29, 0.717) is 5.92 Å². The van der Waals surface area contributed by atoms with Crippen LogP contribution in [0.1, 0.15) is 59.5 Å². The second kappa shape index (κ2) is 7.99. The van der Waals surface area contributed by atoms with Gasteiger partial charge in [-0.2, -0.15) is 0 Å². The molecule has 1 unspecified atom stereocenters. The van der Waals surface area contributed by atoms with Gasteiger partial charge in [-0.1, -0.05) is 0 Å². The van der Waals surface area contributed by atoms with Crippen LogP contribution in [-0.4, -0.2) is 49.3 Å². The van der Waals surface area contributed by atoms with Gasteiger partial charge in [0.25, 0.3) is 5.91 Å². The maximum atomic E-state index is 12.7. The minimum absolute atomic E-state index is 0.00154. The second-order valence-electron chi connectivity index (χ2n) is 8.40. The van der Waals surface area contributed by atoms with Gasteiger partial charge in [0.1, 0.15) is 0 Å². The highest BCUT2D eigenvalue weighted by Gasteiger charge is 2.41. The van der Waals surface area contributed by atoms with Crippen LogP contribution in [0.5, 0.6) is 0 Å². The normalized spacial score (nSPS) is 25.6. The van der Waals surface area contributed by atoms with E-state index in [1.807, 2.05) is 17.0 Å². The van der Waals surface area contributed by atoms with Crippen molar-refractivity contribution >= 4 is 17.2 Å². The lowest BCUT2D eigenvalue weighted by molar-refractivity contribution is -0.126. The Labute approximate surface area is 160 Å². The molecule has 1 amide bonds. The topological polar surface area (TPSA) is 38.8 Å². The van der Waals surface area contributed by atoms with E-state index in [0.717, 1.165) is 75.8 Å². The van der Waals surface area contributed by atoms with Crippen LogP contribution in [0, 0.1) is 18.8 Å². The number of carbonyl (C=O) groups excluding carboxylic acids is 1. The van der Waals surface area contributed by atoms with Gasteiger partial charge in [0.05, 0.1) is 10.5 Å². The zero-order chi connectivity index (χ0) is 18.0. The van der Waals surface area contributed by atoms with Gasteiger partial charge in [0.15, 0.2) is 0 Å². The predicted octanol–water partition coefficient (Wildman–Crippen LogP) is 4.27. The third-order valence-corrected chi connectivity index (χ3v) is 7.22. The lowest BCUT2D eigenvalue weighted by Crippen LogP contribution is -2.50. The van der Waals surface area contributed by atoms with E-state index in [-0.39, 0.29) is 11.5 Å². The summed E-state index contributed by atoms with van der Waals surface area (Å²) in [6.07, 6.45) is 8.13. The van der Waals surface area contributed by atoms with E-state index in [4.69, 9.17) is 9.47 Å². The molecule has 1 saturated carbocycles. The number of piperidine rings is 1. The fourth-order valence-electron chi connectivity index (χ4n) is 4.33. The average molecular weight is 378 g/mol. The van der Waals surface area contributed by atoms with E-state index in [9.17, 15) is 4.79 Å². The zero-order valence-electron chi connectivity index (χ0n) is 15.9. The number of hydrogen-bond acceptors (Lipinski definition) is 4. The average Bonchev–Trinajstić information content (AvgIpc) is 3.38. The van der Waals surface area contributed by atoms with Crippen molar-refractivity contribution < 1.29 is 14.3 Å². The lowest BCUT2D eigenvalue weighted by Gasteiger charge is -2.46. The Kier molecular flexibility index (Phi) is 5.67. The van der Waals surface area contributed by atoms with E-state index in [1.165, 1.54) is 17.7 Å². The molecule has 4 rings (SSSR count). The first-order valence-corrected chi connectivity index (χ1v) is 11.0. The quantitative estimate of drug-likeness (QED) is 0.695. The van der Waals surface area contributed by atoms with Gasteiger partial charge in [0, 0.05) is 37.8 Å². The largest absolute Gasteiger partial charge is 0.381 e. The van der Waals surface area contributed by atoms with Crippen LogP contribution < -0.4 is 0 Å². The number of likely N-dealkylation sites (tertiary alicyclic amines) is 1. The standard InChI is InChI=1S/C21H31NO3S/c1-16-2-5-19(26-16)20(23)22-10-8-21(9-11-22)14-17(7-13-25-21)6-12-24-15-18-3-4-18/h2,5,17-18H,3-4,6-15H2,1H3. The molecule has 0 bridgehead atoms. The maximum absolute atomic E-state index is 12.7. The molecular formula is C21H31NO3S. The van der Waals surface area contributed by atoms with E-state index < -0.39 is 0 Å². The van der Waals surface area contributed by atoms with E-state index in [1.54, 1.807) is 11.3 Å². The van der Waals surface area contributed by atoms with E-state index in [2.05, 4.69) is 6.92 Å². The summed E-state index contributed by atoms with van der Waals surface area (Å²) in [5.41, 5.74) is 0.00154. The molecule has 144 valence electrons. The van der Waals surface area contributed by atoms with Crippen LogP contribution in [0.4, 0.5) is 0 Å². The number of nitrogens with zero attached hydrogens (tertiary/aromatic N) is 1. The summed E-state index contributed by atoms with van der Waals surface area (Å²) in [6.45, 7) is 6.43. The fourth-order valence-corrected chi connectivity index (χ4v) is 5.17. The molecule has 2 aliphatic heterocycles. The van der Waals surface area contributed by atoms with Crippen molar-refractivity contribution in [2.75, 3.05) is 32.9 Å². The number of carbonyl (C=O) groups is 1. The number of aryl methyl sites for hydroxylation is 1. The number of rotatable bonds is 6. The molecule has 1 aliphatic carbocycles. The Hall–Kier alpha value is -0.910. The van der Waals surface area contributed by atoms with Crippen molar-refractivity contribution in [3.8, 4) is 0 Å². The smallest absolute Gasteiger partial charge is 0.263 e. The molecule has 3 aliphatic rings. The number of ether oxygens (including phenoxy) is 2. The monoisotopic (exact) mass is 377 g/mol. The molecule has 1 atom stereocenters. The van der Waals surface area contributed by atoms with Crippen molar-refractivity contribution in [3.05, 3.63) is 21.9 Å². The summed E-state index contributed by atoms with van der Waals surface area (Å²) in [5, 5.41) is 0. The van der Waals surface area contributed by atoms with Crippen LogP contribution in [0.3, 0.4) is 0 Å². The molecule has 4 nitrogen and oxygen atoms in total. The third kappa shape index (κ3) is 4.49. The van der Waals surface area contributed by atoms with Crippen molar-refractivity contribution in [1.82, 2.24) is 4.90 Å². The first kappa shape index (κ1) is 18.5. The minimum Gasteiger partial charge on any atom is -0.381 e. The molecule has 2 saturated heterocycles. The third-order valence-electron chi connectivity index (χ3n) is 6.23. The van der Waals surface area contributed by atoms with Crippen molar-refractivity contribution in [1.29, 1.82) is 0 Å². The maximum Gasteiger partial charge on any atom is 0.263 e. The highest BCUT2D eigenvalue weighted by atomic mass is 32.1. The van der Waals surface area contributed by atoms with Gasteiger partial charge in [-0.3, -0.25) is 4.79 Å². The van der Waals surface area contributed by atoms with Gasteiger partial charge >= 0.3 is 0 Å². The predicted molar refractivity (Wildman–Crippen MR) is 104 cm³/mol. The first-order valence-electron chi connectivity index (χ1n) is 10.2. The van der Waals surface area contributed by atoms with Crippen LogP contribution in [0.15, 0.2) is 12.1 Å². The van der Waals surface area contributed by atoms with Crippen LogP contribution >= 0.6 is 11.3 Å². The molecule has 5 heteroatoms. The Morgan fingerprint density at radius 1 is 1.27 bits per heavy atom. The van der Waals surface area contributed by atoms with Gasteiger partial charge in [-0.15, -0.1) is 11.3 Å². The summed E-state index contributed by atoms with van der Waals surface area (Å²) in [4.78, 5) is 16.7. The molecule has 3 fully saturated rings. The number of amides is 1. The number of thiophene rings is 1. The molecule has 1 spiro atoms.